The second-order valence-corrected chi connectivity index (χ2v) is 3.83. The normalized spacial score (nSPS) is 10.5. The van der Waals surface area contributed by atoms with Gasteiger partial charge in [0.2, 0.25) is 0 Å². The van der Waals surface area contributed by atoms with Gasteiger partial charge >= 0.3 is 5.97 Å². The lowest BCUT2D eigenvalue weighted by Gasteiger charge is -2.05. The van der Waals surface area contributed by atoms with Crippen molar-refractivity contribution in [2.45, 2.75) is 13.5 Å². The van der Waals surface area contributed by atoms with Crippen LogP contribution in [-0.2, 0) is 6.54 Å². The van der Waals surface area contributed by atoms with Gasteiger partial charge in [-0.15, -0.1) is 0 Å². The Morgan fingerprint density at radius 2 is 2.29 bits per heavy atom. The Kier molecular flexibility index (Phi) is 2.91. The van der Waals surface area contributed by atoms with Gasteiger partial charge in [0, 0.05) is 11.8 Å². The molecule has 2 rings (SSSR count). The van der Waals surface area contributed by atoms with E-state index < -0.39 is 11.8 Å². The number of carboxylic acid groups (broad SMARTS) is 1. The van der Waals surface area contributed by atoms with Crippen LogP contribution in [0.25, 0.3) is 0 Å². The molecular weight excluding hydrogens is 223 g/mol. The van der Waals surface area contributed by atoms with Crippen LogP contribution in [0.15, 0.2) is 30.6 Å². The summed E-state index contributed by atoms with van der Waals surface area (Å²) in [6.45, 7) is 2.11. The van der Waals surface area contributed by atoms with Crippen molar-refractivity contribution in [3.63, 3.8) is 0 Å². The summed E-state index contributed by atoms with van der Waals surface area (Å²) in [5.74, 6) is -1.49. The molecule has 5 heteroatoms. The molecule has 2 aromatic rings. The van der Waals surface area contributed by atoms with Crippen LogP contribution in [0.4, 0.5) is 4.39 Å². The van der Waals surface area contributed by atoms with E-state index in [1.54, 1.807) is 17.1 Å². The molecule has 0 amide bonds. The summed E-state index contributed by atoms with van der Waals surface area (Å²) >= 11 is 0. The summed E-state index contributed by atoms with van der Waals surface area (Å²) in [4.78, 5) is 10.8. The first-order valence-electron chi connectivity index (χ1n) is 5.07. The maximum atomic E-state index is 13.5. The topological polar surface area (TPSA) is 55.1 Å². The molecule has 0 atom stereocenters. The fourth-order valence-electron chi connectivity index (χ4n) is 1.56. The largest absolute Gasteiger partial charge is 0.478 e. The first-order valence-corrected chi connectivity index (χ1v) is 5.07. The summed E-state index contributed by atoms with van der Waals surface area (Å²) in [7, 11) is 0. The van der Waals surface area contributed by atoms with Crippen LogP contribution < -0.4 is 0 Å². The third-order valence-corrected chi connectivity index (χ3v) is 2.39. The van der Waals surface area contributed by atoms with Crippen LogP contribution in [0, 0.1) is 12.7 Å². The number of aryl methyl sites for hydroxylation is 1. The van der Waals surface area contributed by atoms with Crippen LogP contribution in [0.3, 0.4) is 0 Å². The molecule has 0 fully saturated rings. The molecule has 0 aliphatic carbocycles. The van der Waals surface area contributed by atoms with Gasteiger partial charge in [-0.2, -0.15) is 5.10 Å². The zero-order valence-electron chi connectivity index (χ0n) is 9.22. The van der Waals surface area contributed by atoms with Gasteiger partial charge in [0.25, 0.3) is 0 Å². The second kappa shape index (κ2) is 4.37. The highest BCUT2D eigenvalue weighted by Gasteiger charge is 2.09. The van der Waals surface area contributed by atoms with Crippen molar-refractivity contribution < 1.29 is 14.3 Å². The SMILES string of the molecule is Cc1cnn(Cc2cc(C(=O)O)ccc2F)c1. The molecule has 1 N–H and O–H groups in total. The Morgan fingerprint density at radius 3 is 2.88 bits per heavy atom. The number of hydrogen-bond acceptors (Lipinski definition) is 2. The van der Waals surface area contributed by atoms with E-state index in [9.17, 15) is 9.18 Å². The number of halogens is 1. The Hall–Kier alpha value is -2.17. The molecule has 0 saturated carbocycles. The van der Waals surface area contributed by atoms with Gasteiger partial charge in [-0.1, -0.05) is 0 Å². The van der Waals surface area contributed by atoms with Crippen molar-refractivity contribution in [1.29, 1.82) is 0 Å². The predicted molar refractivity (Wildman–Crippen MR) is 59.4 cm³/mol. The lowest BCUT2D eigenvalue weighted by atomic mass is 10.1. The van der Waals surface area contributed by atoms with Crippen LogP contribution in [0.2, 0.25) is 0 Å². The Balaban J connectivity index is 2.31. The maximum Gasteiger partial charge on any atom is 0.335 e. The van der Waals surface area contributed by atoms with Gasteiger partial charge in [-0.05, 0) is 30.7 Å². The van der Waals surface area contributed by atoms with Gasteiger partial charge in [0.1, 0.15) is 5.82 Å². The highest BCUT2D eigenvalue weighted by molar-refractivity contribution is 5.87. The van der Waals surface area contributed by atoms with E-state index in [1.165, 1.54) is 12.1 Å². The van der Waals surface area contributed by atoms with E-state index in [-0.39, 0.29) is 12.1 Å². The summed E-state index contributed by atoms with van der Waals surface area (Å²) < 4.78 is 15.1. The first kappa shape index (κ1) is 11.3. The van der Waals surface area contributed by atoms with Gasteiger partial charge in [-0.25, -0.2) is 9.18 Å². The molecule has 0 bridgehead atoms. The van der Waals surface area contributed by atoms with E-state index in [1.807, 2.05) is 6.92 Å². The lowest BCUT2D eigenvalue weighted by molar-refractivity contribution is 0.0696. The number of hydrogen-bond donors (Lipinski definition) is 1. The van der Waals surface area contributed by atoms with E-state index in [0.29, 0.717) is 5.56 Å². The average Bonchev–Trinajstić information content (AvgIpc) is 2.67. The minimum atomic E-state index is -1.07. The molecule has 0 aliphatic heterocycles. The number of nitrogens with zero attached hydrogens (tertiary/aromatic N) is 2. The van der Waals surface area contributed by atoms with Crippen molar-refractivity contribution in [3.8, 4) is 0 Å². The van der Waals surface area contributed by atoms with Crippen LogP contribution >= 0.6 is 0 Å². The molecule has 1 aromatic heterocycles. The van der Waals surface area contributed by atoms with E-state index in [2.05, 4.69) is 5.10 Å². The van der Waals surface area contributed by atoms with Crippen LogP contribution in [0.1, 0.15) is 21.5 Å². The van der Waals surface area contributed by atoms with Gasteiger partial charge in [-0.3, -0.25) is 4.68 Å². The molecule has 0 radical (unpaired) electrons. The van der Waals surface area contributed by atoms with Crippen LogP contribution in [0.5, 0.6) is 0 Å². The molecular formula is C12H11FN2O2. The Morgan fingerprint density at radius 1 is 1.53 bits per heavy atom. The zero-order chi connectivity index (χ0) is 12.4. The van der Waals surface area contributed by atoms with E-state index >= 15 is 0 Å². The first-order chi connectivity index (χ1) is 8.06. The molecule has 4 nitrogen and oxygen atoms in total. The second-order valence-electron chi connectivity index (χ2n) is 3.83. The number of carboxylic acids is 1. The summed E-state index contributed by atoms with van der Waals surface area (Å²) in [6, 6.07) is 3.74. The minimum Gasteiger partial charge on any atom is -0.478 e. The van der Waals surface area contributed by atoms with Gasteiger partial charge in [0.15, 0.2) is 0 Å². The van der Waals surface area contributed by atoms with Gasteiger partial charge < -0.3 is 5.11 Å². The van der Waals surface area contributed by atoms with Gasteiger partial charge in [0.05, 0.1) is 18.3 Å². The molecule has 1 aromatic carbocycles. The third kappa shape index (κ3) is 2.50. The molecule has 0 saturated heterocycles. The summed E-state index contributed by atoms with van der Waals surface area (Å²) in [5.41, 5.74) is 1.36. The van der Waals surface area contributed by atoms with E-state index in [4.69, 9.17) is 5.11 Å². The maximum absolute atomic E-state index is 13.5. The van der Waals surface area contributed by atoms with Crippen molar-refractivity contribution in [2.24, 2.45) is 0 Å². The number of aromatic nitrogens is 2. The van der Waals surface area contributed by atoms with Crippen LogP contribution in [-0.4, -0.2) is 20.9 Å². The highest BCUT2D eigenvalue weighted by atomic mass is 19.1. The molecule has 0 spiro atoms. The summed E-state index contributed by atoms with van der Waals surface area (Å²) in [6.07, 6.45) is 3.44. The summed E-state index contributed by atoms with van der Waals surface area (Å²) in [5, 5.41) is 12.9. The fourth-order valence-corrected chi connectivity index (χ4v) is 1.56. The molecule has 88 valence electrons. The Labute approximate surface area is 97.3 Å². The number of aromatic carboxylic acids is 1. The van der Waals surface area contributed by atoms with Crippen molar-refractivity contribution in [3.05, 3.63) is 53.1 Å². The van der Waals surface area contributed by atoms with Crippen molar-refractivity contribution >= 4 is 5.97 Å². The lowest BCUT2D eigenvalue weighted by Crippen LogP contribution is -2.05. The average molecular weight is 234 g/mol. The monoisotopic (exact) mass is 234 g/mol. The molecule has 1 heterocycles. The van der Waals surface area contributed by atoms with Crippen molar-refractivity contribution in [2.75, 3.05) is 0 Å². The Bertz CT molecular complexity index is 563. The number of rotatable bonds is 3. The predicted octanol–water partition coefficient (Wildman–Crippen LogP) is 2.08. The zero-order valence-corrected chi connectivity index (χ0v) is 9.22. The molecule has 0 unspecified atom stereocenters. The molecule has 17 heavy (non-hydrogen) atoms. The standard InChI is InChI=1S/C12H11FN2O2/c1-8-5-14-15(6-8)7-10-4-9(12(16)17)2-3-11(10)13/h2-6H,7H2,1H3,(H,16,17). The minimum absolute atomic E-state index is 0.0743. The quantitative estimate of drug-likeness (QED) is 0.884. The smallest absolute Gasteiger partial charge is 0.335 e. The highest BCUT2D eigenvalue weighted by Crippen LogP contribution is 2.12. The van der Waals surface area contributed by atoms with E-state index in [0.717, 1.165) is 11.6 Å². The number of benzene rings is 1. The fraction of sp³-hybridized carbons (Fsp3) is 0.167. The number of carbonyl (C=O) groups is 1. The molecule has 0 aliphatic rings. The van der Waals surface area contributed by atoms with Crippen molar-refractivity contribution in [1.82, 2.24) is 9.78 Å². The third-order valence-electron chi connectivity index (χ3n) is 2.39.